The van der Waals surface area contributed by atoms with E-state index < -0.39 is 0 Å². The van der Waals surface area contributed by atoms with Crippen LogP contribution in [-0.2, 0) is 6.54 Å². The zero-order valence-corrected chi connectivity index (χ0v) is 11.8. The number of hydrogen-bond donors (Lipinski definition) is 0. The van der Waals surface area contributed by atoms with Crippen molar-refractivity contribution in [1.29, 1.82) is 0 Å². The summed E-state index contributed by atoms with van der Waals surface area (Å²) in [5.74, 6) is 0. The molecule has 2 atom stereocenters. The van der Waals surface area contributed by atoms with Crippen LogP contribution in [0, 0.1) is 0 Å². The second-order valence-electron chi connectivity index (χ2n) is 4.37. The lowest BCUT2D eigenvalue weighted by Crippen LogP contribution is -2.33. The van der Waals surface area contributed by atoms with Crippen molar-refractivity contribution in [2.45, 2.75) is 51.7 Å². The summed E-state index contributed by atoms with van der Waals surface area (Å²) in [4.78, 5) is 4.15. The van der Waals surface area contributed by atoms with Gasteiger partial charge in [-0.2, -0.15) is 0 Å². The predicted octanol–water partition coefficient (Wildman–Crippen LogP) is 4.27. The lowest BCUT2D eigenvalue weighted by Gasteiger charge is -2.26. The van der Waals surface area contributed by atoms with Crippen molar-refractivity contribution in [2.24, 2.45) is 0 Å². The zero-order chi connectivity index (χ0) is 10.8. The van der Waals surface area contributed by atoms with Gasteiger partial charge in [-0.05, 0) is 54.2 Å². The Morgan fingerprint density at radius 2 is 2.27 bits per heavy atom. The third kappa shape index (κ3) is 2.63. The Morgan fingerprint density at radius 1 is 1.47 bits per heavy atom. The molecule has 0 amide bonds. The summed E-state index contributed by atoms with van der Waals surface area (Å²) in [6.45, 7) is 5.80. The summed E-state index contributed by atoms with van der Waals surface area (Å²) in [6, 6.07) is 5.96. The van der Waals surface area contributed by atoms with Crippen LogP contribution in [0.1, 0.15) is 38.0 Å². The second kappa shape index (κ2) is 4.98. The molecule has 84 valence electrons. The van der Waals surface area contributed by atoms with Gasteiger partial charge < -0.3 is 0 Å². The van der Waals surface area contributed by atoms with Crippen molar-refractivity contribution in [1.82, 2.24) is 4.90 Å². The highest BCUT2D eigenvalue weighted by atomic mass is 79.9. The van der Waals surface area contributed by atoms with Gasteiger partial charge in [0.15, 0.2) is 0 Å². The molecular weight excluding hydrogens is 270 g/mol. The summed E-state index contributed by atoms with van der Waals surface area (Å²) >= 11 is 5.39. The normalized spacial score (nSPS) is 27.4. The van der Waals surface area contributed by atoms with Crippen LogP contribution in [-0.4, -0.2) is 17.0 Å². The summed E-state index contributed by atoms with van der Waals surface area (Å²) in [5, 5.41) is 0. The highest BCUT2D eigenvalue weighted by molar-refractivity contribution is 9.11. The van der Waals surface area contributed by atoms with Gasteiger partial charge in [0.2, 0.25) is 0 Å². The Kier molecular flexibility index (Phi) is 3.86. The van der Waals surface area contributed by atoms with Crippen LogP contribution >= 0.6 is 27.3 Å². The molecule has 0 spiro atoms. The van der Waals surface area contributed by atoms with Crippen molar-refractivity contribution in [3.63, 3.8) is 0 Å². The summed E-state index contributed by atoms with van der Waals surface area (Å²) in [7, 11) is 0. The molecule has 3 heteroatoms. The van der Waals surface area contributed by atoms with Crippen molar-refractivity contribution in [2.75, 3.05) is 0 Å². The van der Waals surface area contributed by atoms with Crippen LogP contribution in [0.3, 0.4) is 0 Å². The van der Waals surface area contributed by atoms with Crippen LogP contribution in [0.2, 0.25) is 0 Å². The van der Waals surface area contributed by atoms with E-state index in [0.717, 1.165) is 18.6 Å². The summed E-state index contributed by atoms with van der Waals surface area (Å²) in [6.07, 6.45) is 4.03. The minimum atomic E-state index is 0.760. The van der Waals surface area contributed by atoms with Gasteiger partial charge >= 0.3 is 0 Å². The molecule has 0 aliphatic carbocycles. The van der Waals surface area contributed by atoms with Crippen molar-refractivity contribution in [3.8, 4) is 0 Å². The largest absolute Gasteiger partial charge is 0.293 e. The van der Waals surface area contributed by atoms with Crippen LogP contribution in [0.15, 0.2) is 15.9 Å². The predicted molar refractivity (Wildman–Crippen MR) is 70.3 cm³/mol. The van der Waals surface area contributed by atoms with E-state index in [4.69, 9.17) is 0 Å². The molecule has 1 aromatic rings. The van der Waals surface area contributed by atoms with Crippen LogP contribution < -0.4 is 0 Å². The lowest BCUT2D eigenvalue weighted by atomic mass is 10.1. The van der Waals surface area contributed by atoms with E-state index in [0.29, 0.717) is 0 Å². The van der Waals surface area contributed by atoms with Crippen molar-refractivity contribution >= 4 is 27.3 Å². The molecule has 0 radical (unpaired) electrons. The molecule has 0 N–H and O–H groups in total. The smallest absolute Gasteiger partial charge is 0.0701 e. The van der Waals surface area contributed by atoms with Crippen LogP contribution in [0.4, 0.5) is 0 Å². The molecule has 2 rings (SSSR count). The van der Waals surface area contributed by atoms with Gasteiger partial charge in [-0.1, -0.05) is 6.92 Å². The van der Waals surface area contributed by atoms with Crippen LogP contribution in [0.25, 0.3) is 0 Å². The number of rotatable bonds is 3. The van der Waals surface area contributed by atoms with Gasteiger partial charge in [0.25, 0.3) is 0 Å². The SMILES string of the molecule is CCC1CCC(C)N1Cc1ccc(Br)s1. The Bertz CT molecular complexity index is 323. The Balaban J connectivity index is 2.03. The maximum absolute atomic E-state index is 3.53. The highest BCUT2D eigenvalue weighted by Crippen LogP contribution is 2.30. The van der Waals surface area contributed by atoms with E-state index in [2.05, 4.69) is 46.8 Å². The molecule has 1 aromatic heterocycles. The number of halogens is 1. The first kappa shape index (κ1) is 11.6. The minimum Gasteiger partial charge on any atom is -0.293 e. The van der Waals surface area contributed by atoms with Gasteiger partial charge in [-0.25, -0.2) is 0 Å². The van der Waals surface area contributed by atoms with Gasteiger partial charge in [-0.3, -0.25) is 4.90 Å². The van der Waals surface area contributed by atoms with Crippen molar-refractivity contribution in [3.05, 3.63) is 20.8 Å². The number of likely N-dealkylation sites (tertiary alicyclic amines) is 1. The molecule has 0 aromatic carbocycles. The molecular formula is C12H18BrNS. The highest BCUT2D eigenvalue weighted by Gasteiger charge is 2.29. The lowest BCUT2D eigenvalue weighted by molar-refractivity contribution is 0.191. The standard InChI is InChI=1S/C12H18BrNS/c1-3-10-5-4-9(2)14(10)8-11-6-7-12(13)15-11/h6-7,9-10H,3-5,8H2,1-2H3. The maximum Gasteiger partial charge on any atom is 0.0701 e. The number of nitrogens with zero attached hydrogens (tertiary/aromatic N) is 1. The van der Waals surface area contributed by atoms with E-state index >= 15 is 0 Å². The molecule has 1 aliphatic rings. The fourth-order valence-corrected chi connectivity index (χ4v) is 3.96. The van der Waals surface area contributed by atoms with Gasteiger partial charge in [0.05, 0.1) is 3.79 Å². The summed E-state index contributed by atoms with van der Waals surface area (Å²) < 4.78 is 1.25. The van der Waals surface area contributed by atoms with E-state index in [1.54, 1.807) is 0 Å². The number of thiophene rings is 1. The monoisotopic (exact) mass is 287 g/mol. The molecule has 0 saturated carbocycles. The Morgan fingerprint density at radius 3 is 2.87 bits per heavy atom. The van der Waals surface area contributed by atoms with E-state index in [1.165, 1.54) is 27.9 Å². The van der Waals surface area contributed by atoms with Crippen LogP contribution in [0.5, 0.6) is 0 Å². The number of hydrogen-bond acceptors (Lipinski definition) is 2. The van der Waals surface area contributed by atoms with Gasteiger partial charge in [0.1, 0.15) is 0 Å². The molecule has 1 saturated heterocycles. The Labute approximate surface area is 105 Å². The van der Waals surface area contributed by atoms with E-state index in [1.807, 2.05) is 11.3 Å². The van der Waals surface area contributed by atoms with E-state index in [9.17, 15) is 0 Å². The molecule has 1 nitrogen and oxygen atoms in total. The molecule has 1 fully saturated rings. The zero-order valence-electron chi connectivity index (χ0n) is 9.37. The van der Waals surface area contributed by atoms with Crippen molar-refractivity contribution < 1.29 is 0 Å². The first-order valence-electron chi connectivity index (χ1n) is 5.70. The third-order valence-electron chi connectivity index (χ3n) is 3.39. The maximum atomic E-state index is 3.53. The van der Waals surface area contributed by atoms with Gasteiger partial charge in [-0.15, -0.1) is 11.3 Å². The molecule has 15 heavy (non-hydrogen) atoms. The quantitative estimate of drug-likeness (QED) is 0.802. The fourth-order valence-electron chi connectivity index (χ4n) is 2.47. The average Bonchev–Trinajstić information content (AvgIpc) is 2.76. The minimum absolute atomic E-state index is 0.760. The molecule has 2 heterocycles. The fraction of sp³-hybridized carbons (Fsp3) is 0.667. The second-order valence-corrected chi connectivity index (χ2v) is 6.91. The first-order chi connectivity index (χ1) is 7.20. The summed E-state index contributed by atoms with van der Waals surface area (Å²) in [5.41, 5.74) is 0. The first-order valence-corrected chi connectivity index (χ1v) is 7.31. The average molecular weight is 288 g/mol. The Hall–Kier alpha value is 0.140. The molecule has 0 bridgehead atoms. The topological polar surface area (TPSA) is 3.24 Å². The third-order valence-corrected chi connectivity index (χ3v) is 5.00. The van der Waals surface area contributed by atoms with Gasteiger partial charge in [0, 0.05) is 23.5 Å². The molecule has 2 unspecified atom stereocenters. The molecule has 1 aliphatic heterocycles. The van der Waals surface area contributed by atoms with E-state index in [-0.39, 0.29) is 0 Å².